The molecule has 1 heterocycles. The highest BCUT2D eigenvalue weighted by Gasteiger charge is 2.30. The number of hydrogen-bond acceptors (Lipinski definition) is 3. The molecule has 0 amide bonds. The summed E-state index contributed by atoms with van der Waals surface area (Å²) in [6.07, 6.45) is 1.36. The molecule has 1 aliphatic heterocycles. The van der Waals surface area contributed by atoms with Gasteiger partial charge in [-0.15, -0.1) is 0 Å². The molecule has 0 unspecified atom stereocenters. The fourth-order valence-corrected chi connectivity index (χ4v) is 2.04. The van der Waals surface area contributed by atoms with Gasteiger partial charge in [-0.25, -0.2) is 4.39 Å². The maximum absolute atomic E-state index is 12.8. The van der Waals surface area contributed by atoms with Gasteiger partial charge in [-0.1, -0.05) is 0 Å². The minimum atomic E-state index is -0.740. The fraction of sp³-hybridized carbons (Fsp3) is 0.500. The van der Waals surface area contributed by atoms with Crippen molar-refractivity contribution in [2.75, 3.05) is 25.0 Å². The topological polar surface area (TPSA) is 35.5 Å². The van der Waals surface area contributed by atoms with Crippen LogP contribution in [0.5, 0.6) is 0 Å². The van der Waals surface area contributed by atoms with Crippen LogP contribution in [0.2, 0.25) is 0 Å². The highest BCUT2D eigenvalue weighted by molar-refractivity contribution is 5.46. The number of nitrogens with one attached hydrogen (secondary N) is 1. The van der Waals surface area contributed by atoms with Gasteiger partial charge in [0.25, 0.3) is 0 Å². The molecule has 2 rings (SSSR count). The molecule has 1 fully saturated rings. The van der Waals surface area contributed by atoms with Gasteiger partial charge >= 0.3 is 0 Å². The zero-order chi connectivity index (χ0) is 11.6. The third kappa shape index (κ3) is 2.33. The van der Waals surface area contributed by atoms with E-state index in [2.05, 4.69) is 10.2 Å². The van der Waals surface area contributed by atoms with E-state index in [9.17, 15) is 9.50 Å². The summed E-state index contributed by atoms with van der Waals surface area (Å²) in [4.78, 5) is 2.16. The van der Waals surface area contributed by atoms with Crippen LogP contribution in [0.4, 0.5) is 10.1 Å². The quantitative estimate of drug-likeness (QED) is 0.744. The predicted octanol–water partition coefficient (Wildman–Crippen LogP) is 1.33. The lowest BCUT2D eigenvalue weighted by atomic mass is 10.0. The van der Waals surface area contributed by atoms with Crippen molar-refractivity contribution in [2.24, 2.45) is 0 Å². The Hall–Kier alpha value is -1.13. The predicted molar refractivity (Wildman–Crippen MR) is 61.9 cm³/mol. The van der Waals surface area contributed by atoms with E-state index in [1.165, 1.54) is 12.1 Å². The number of halogens is 1. The molecule has 3 nitrogen and oxygen atoms in total. The Morgan fingerprint density at radius 3 is 2.31 bits per heavy atom. The number of nitrogens with zero attached hydrogens (tertiary/aromatic N) is 1. The molecule has 0 spiro atoms. The molecule has 0 bridgehead atoms. The zero-order valence-corrected chi connectivity index (χ0v) is 9.41. The van der Waals surface area contributed by atoms with E-state index in [1.807, 2.05) is 0 Å². The minimum Gasteiger partial charge on any atom is -0.376 e. The molecular weight excluding hydrogens is 207 g/mol. The second-order valence-electron chi connectivity index (χ2n) is 4.25. The summed E-state index contributed by atoms with van der Waals surface area (Å²) in [6, 6.07) is 6.49. The molecule has 0 radical (unpaired) electrons. The summed E-state index contributed by atoms with van der Waals surface area (Å²) in [5.74, 6) is -0.215. The third-order valence-corrected chi connectivity index (χ3v) is 3.25. The molecule has 1 aromatic rings. The lowest BCUT2D eigenvalue weighted by Gasteiger charge is -2.39. The van der Waals surface area contributed by atoms with Crippen molar-refractivity contribution < 1.29 is 9.50 Å². The summed E-state index contributed by atoms with van der Waals surface area (Å²) in [5.41, 5.74) is 0.274. The SMILES string of the molecule is CNC1(O)CCN(c2ccc(F)cc2)CC1. The van der Waals surface area contributed by atoms with E-state index >= 15 is 0 Å². The largest absolute Gasteiger partial charge is 0.376 e. The van der Waals surface area contributed by atoms with Crippen LogP contribution >= 0.6 is 0 Å². The van der Waals surface area contributed by atoms with Crippen LogP contribution in [0.15, 0.2) is 24.3 Å². The Morgan fingerprint density at radius 1 is 1.25 bits per heavy atom. The lowest BCUT2D eigenvalue weighted by molar-refractivity contribution is -0.00972. The van der Waals surface area contributed by atoms with Crippen LogP contribution < -0.4 is 10.2 Å². The maximum atomic E-state index is 12.8. The van der Waals surface area contributed by atoms with E-state index in [0.29, 0.717) is 12.8 Å². The molecule has 2 N–H and O–H groups in total. The summed E-state index contributed by atoms with van der Waals surface area (Å²) in [7, 11) is 1.77. The molecule has 1 aliphatic rings. The molecule has 0 saturated carbocycles. The van der Waals surface area contributed by atoms with Crippen molar-refractivity contribution >= 4 is 5.69 Å². The molecule has 4 heteroatoms. The first-order valence-electron chi connectivity index (χ1n) is 5.55. The van der Waals surface area contributed by atoms with Gasteiger partial charge in [0.2, 0.25) is 0 Å². The van der Waals surface area contributed by atoms with E-state index in [-0.39, 0.29) is 5.82 Å². The van der Waals surface area contributed by atoms with Crippen LogP contribution in [0.25, 0.3) is 0 Å². The second-order valence-corrected chi connectivity index (χ2v) is 4.25. The van der Waals surface area contributed by atoms with E-state index in [1.54, 1.807) is 19.2 Å². The standard InChI is InChI=1S/C12H17FN2O/c1-14-12(16)6-8-15(9-7-12)11-4-2-10(13)3-5-11/h2-5,14,16H,6-9H2,1H3. The van der Waals surface area contributed by atoms with Crippen LogP contribution in [0.1, 0.15) is 12.8 Å². The van der Waals surface area contributed by atoms with Gasteiger partial charge in [-0.2, -0.15) is 0 Å². The number of piperidine rings is 1. The molecule has 0 aliphatic carbocycles. The van der Waals surface area contributed by atoms with Crippen molar-refractivity contribution in [3.8, 4) is 0 Å². The summed E-state index contributed by atoms with van der Waals surface area (Å²) in [5, 5.41) is 12.9. The van der Waals surface area contributed by atoms with Gasteiger partial charge in [0, 0.05) is 31.6 Å². The van der Waals surface area contributed by atoms with E-state index in [0.717, 1.165) is 18.8 Å². The van der Waals surface area contributed by atoms with E-state index < -0.39 is 5.72 Å². The third-order valence-electron chi connectivity index (χ3n) is 3.25. The fourth-order valence-electron chi connectivity index (χ4n) is 2.04. The average molecular weight is 224 g/mol. The Balaban J connectivity index is 2.01. The van der Waals surface area contributed by atoms with Crippen molar-refractivity contribution in [1.82, 2.24) is 5.32 Å². The Bertz CT molecular complexity index is 345. The van der Waals surface area contributed by atoms with E-state index in [4.69, 9.17) is 0 Å². The van der Waals surface area contributed by atoms with Crippen LogP contribution in [-0.2, 0) is 0 Å². The van der Waals surface area contributed by atoms with Gasteiger partial charge in [-0.05, 0) is 31.3 Å². The van der Waals surface area contributed by atoms with Crippen LogP contribution in [0, 0.1) is 5.82 Å². The zero-order valence-electron chi connectivity index (χ0n) is 9.41. The Morgan fingerprint density at radius 2 is 1.81 bits per heavy atom. The van der Waals surface area contributed by atoms with Crippen molar-refractivity contribution in [3.63, 3.8) is 0 Å². The number of benzene rings is 1. The van der Waals surface area contributed by atoms with Gasteiger partial charge < -0.3 is 10.0 Å². The smallest absolute Gasteiger partial charge is 0.123 e. The van der Waals surface area contributed by atoms with Crippen LogP contribution in [-0.4, -0.2) is 31.0 Å². The second kappa shape index (κ2) is 4.39. The minimum absolute atomic E-state index is 0.215. The summed E-state index contributed by atoms with van der Waals surface area (Å²) >= 11 is 0. The molecule has 16 heavy (non-hydrogen) atoms. The number of rotatable bonds is 2. The van der Waals surface area contributed by atoms with Crippen LogP contribution in [0.3, 0.4) is 0 Å². The molecular formula is C12H17FN2O. The first-order valence-corrected chi connectivity index (χ1v) is 5.55. The Labute approximate surface area is 94.9 Å². The first kappa shape index (κ1) is 11.4. The molecule has 0 aromatic heterocycles. The molecule has 1 aromatic carbocycles. The number of hydrogen-bond donors (Lipinski definition) is 2. The maximum Gasteiger partial charge on any atom is 0.123 e. The van der Waals surface area contributed by atoms with Gasteiger partial charge in [0.15, 0.2) is 0 Å². The number of anilines is 1. The van der Waals surface area contributed by atoms with Gasteiger partial charge in [0.1, 0.15) is 11.5 Å². The highest BCUT2D eigenvalue weighted by atomic mass is 19.1. The highest BCUT2D eigenvalue weighted by Crippen LogP contribution is 2.24. The van der Waals surface area contributed by atoms with Crippen molar-refractivity contribution in [1.29, 1.82) is 0 Å². The summed E-state index contributed by atoms with van der Waals surface area (Å²) < 4.78 is 12.8. The molecule has 1 saturated heterocycles. The normalized spacial score (nSPS) is 19.8. The van der Waals surface area contributed by atoms with Gasteiger partial charge in [-0.3, -0.25) is 5.32 Å². The average Bonchev–Trinajstić information content (AvgIpc) is 2.32. The molecule has 0 atom stereocenters. The monoisotopic (exact) mass is 224 g/mol. The van der Waals surface area contributed by atoms with Crippen molar-refractivity contribution in [3.05, 3.63) is 30.1 Å². The Kier molecular flexibility index (Phi) is 3.12. The first-order chi connectivity index (χ1) is 7.63. The lowest BCUT2D eigenvalue weighted by Crippen LogP contribution is -2.52. The summed E-state index contributed by atoms with van der Waals surface area (Å²) in [6.45, 7) is 1.56. The number of aliphatic hydroxyl groups is 1. The molecule has 88 valence electrons. The van der Waals surface area contributed by atoms with Gasteiger partial charge in [0.05, 0.1) is 0 Å². The van der Waals surface area contributed by atoms with Crippen molar-refractivity contribution in [2.45, 2.75) is 18.6 Å².